The van der Waals surface area contributed by atoms with Crippen LogP contribution in [0.15, 0.2) is 23.0 Å². The summed E-state index contributed by atoms with van der Waals surface area (Å²) in [4.78, 5) is 4.26. The van der Waals surface area contributed by atoms with Crippen molar-refractivity contribution in [1.29, 1.82) is 0 Å². The molecule has 0 aliphatic rings. The zero-order valence-corrected chi connectivity index (χ0v) is 11.0. The highest BCUT2D eigenvalue weighted by Gasteiger charge is 2.09. The molecule has 0 bridgehead atoms. The lowest BCUT2D eigenvalue weighted by Gasteiger charge is -2.10. The van der Waals surface area contributed by atoms with Crippen LogP contribution in [0.4, 0.5) is 5.69 Å². The van der Waals surface area contributed by atoms with E-state index < -0.39 is 0 Å². The summed E-state index contributed by atoms with van der Waals surface area (Å²) < 4.78 is 5.36. The molecule has 0 radical (unpaired) electrons. The highest BCUT2D eigenvalue weighted by molar-refractivity contribution is 7.07. The van der Waals surface area contributed by atoms with E-state index >= 15 is 0 Å². The van der Waals surface area contributed by atoms with E-state index in [4.69, 9.17) is 15.9 Å². The second kappa shape index (κ2) is 5.64. The molecule has 18 heavy (non-hydrogen) atoms. The molecule has 0 spiro atoms. The molecule has 5 heteroatoms. The number of thiazole rings is 1. The molecule has 2 aromatic rings. The minimum atomic E-state index is 0.673. The van der Waals surface area contributed by atoms with Crippen molar-refractivity contribution in [3.8, 4) is 5.75 Å². The summed E-state index contributed by atoms with van der Waals surface area (Å²) in [5.74, 6) is 0.816. The number of hydrogen-bond acceptors (Lipinski definition) is 4. The van der Waals surface area contributed by atoms with Crippen molar-refractivity contribution in [2.75, 3.05) is 12.8 Å². The number of nitrogens with zero attached hydrogens (tertiary/aromatic N) is 1. The molecule has 2 rings (SSSR count). The quantitative estimate of drug-likeness (QED) is 0.615. The summed E-state index contributed by atoms with van der Waals surface area (Å²) >= 11 is 1.61. The van der Waals surface area contributed by atoms with E-state index in [1.165, 1.54) is 6.21 Å². The van der Waals surface area contributed by atoms with Crippen molar-refractivity contribution >= 4 is 23.2 Å². The Morgan fingerprint density at radius 1 is 1.44 bits per heavy atom. The monoisotopic (exact) mass is 262 g/mol. The number of anilines is 1. The predicted molar refractivity (Wildman–Crippen MR) is 74.0 cm³/mol. The zero-order valence-electron chi connectivity index (χ0n) is 10.2. The van der Waals surface area contributed by atoms with Gasteiger partial charge in [0.1, 0.15) is 5.75 Å². The lowest BCUT2D eigenvalue weighted by molar-refractivity contribution is -0.104. The maximum Gasteiger partial charge on any atom is 0.169 e. The van der Waals surface area contributed by atoms with E-state index in [-0.39, 0.29) is 0 Å². The smallest absolute Gasteiger partial charge is 0.169 e. The fourth-order valence-electron chi connectivity index (χ4n) is 1.81. The lowest BCUT2D eigenvalue weighted by Crippen LogP contribution is -2.30. The number of nitrogens with two attached hydrogens (primary N) is 2. The van der Waals surface area contributed by atoms with Crippen LogP contribution < -0.4 is 15.9 Å². The fraction of sp³-hybridized carbons (Fsp3) is 0.231. The summed E-state index contributed by atoms with van der Waals surface area (Å²) in [5.41, 5.74) is 11.4. The molecule has 0 unspecified atom stereocenters. The predicted octanol–water partition coefficient (Wildman–Crippen LogP) is 0.697. The molecule has 1 aromatic heterocycles. The first-order valence-electron chi connectivity index (χ1n) is 5.63. The molecule has 0 amide bonds. The topological polar surface area (TPSA) is 73.7 Å². The van der Waals surface area contributed by atoms with Crippen molar-refractivity contribution in [2.24, 2.45) is 0 Å². The van der Waals surface area contributed by atoms with Gasteiger partial charge < -0.3 is 10.5 Å². The van der Waals surface area contributed by atoms with Crippen LogP contribution in [0, 0.1) is 0 Å². The third-order valence-corrected chi connectivity index (χ3v) is 3.43. The Kier molecular flexibility index (Phi) is 3.94. The number of methoxy groups -OCH3 is 1. The van der Waals surface area contributed by atoms with Gasteiger partial charge in [0.05, 0.1) is 23.9 Å². The van der Waals surface area contributed by atoms with Gasteiger partial charge in [-0.25, -0.2) is 4.98 Å². The first kappa shape index (κ1) is 12.6. The summed E-state index contributed by atoms with van der Waals surface area (Å²) in [7, 11) is 1.65. The van der Waals surface area contributed by atoms with Crippen LogP contribution in [0.3, 0.4) is 0 Å². The number of aromatic nitrogens is 1. The molecule has 1 heterocycles. The molecular weight excluding hydrogens is 246 g/mol. The van der Waals surface area contributed by atoms with Crippen molar-refractivity contribution in [3.05, 3.63) is 39.8 Å². The molecule has 0 saturated carbocycles. The highest BCUT2D eigenvalue weighted by Crippen LogP contribution is 2.25. The van der Waals surface area contributed by atoms with E-state index in [1.54, 1.807) is 18.4 Å². The van der Waals surface area contributed by atoms with Crippen LogP contribution in [0.2, 0.25) is 0 Å². The van der Waals surface area contributed by atoms with Gasteiger partial charge >= 0.3 is 0 Å². The summed E-state index contributed by atoms with van der Waals surface area (Å²) in [6.07, 6.45) is 3.22. The van der Waals surface area contributed by atoms with Crippen LogP contribution in [0.5, 0.6) is 5.75 Å². The SMILES string of the molecule is COc1cc(C=[NH2+])c(N)cc1CCc1cscn1. The van der Waals surface area contributed by atoms with Crippen molar-refractivity contribution < 1.29 is 10.1 Å². The Morgan fingerprint density at radius 3 is 2.89 bits per heavy atom. The van der Waals surface area contributed by atoms with Crippen LogP contribution in [0.25, 0.3) is 0 Å². The second-order valence-corrected chi connectivity index (χ2v) is 4.66. The lowest BCUT2D eigenvalue weighted by atomic mass is 10.0. The van der Waals surface area contributed by atoms with E-state index in [0.717, 1.165) is 35.4 Å². The molecule has 0 atom stereocenters. The van der Waals surface area contributed by atoms with Crippen LogP contribution >= 0.6 is 11.3 Å². The highest BCUT2D eigenvalue weighted by atomic mass is 32.1. The van der Waals surface area contributed by atoms with Gasteiger partial charge in [-0.3, -0.25) is 5.41 Å². The van der Waals surface area contributed by atoms with Gasteiger partial charge in [0, 0.05) is 11.1 Å². The Bertz CT molecular complexity index is 537. The summed E-state index contributed by atoms with van der Waals surface area (Å²) in [5, 5.41) is 7.56. The largest absolute Gasteiger partial charge is 0.496 e. The van der Waals surface area contributed by atoms with E-state index in [1.807, 2.05) is 17.6 Å². The van der Waals surface area contributed by atoms with E-state index in [0.29, 0.717) is 5.69 Å². The molecule has 4 N–H and O–H groups in total. The summed E-state index contributed by atoms with van der Waals surface area (Å²) in [6.45, 7) is 0. The maximum absolute atomic E-state index is 5.92. The molecule has 94 valence electrons. The van der Waals surface area contributed by atoms with Gasteiger partial charge in [0.25, 0.3) is 0 Å². The molecule has 0 fully saturated rings. The average molecular weight is 262 g/mol. The number of benzene rings is 1. The molecule has 1 aromatic carbocycles. The minimum absolute atomic E-state index is 0.673. The number of hydrogen-bond donors (Lipinski definition) is 2. The van der Waals surface area contributed by atoms with Gasteiger partial charge in [0.15, 0.2) is 6.21 Å². The maximum atomic E-state index is 5.92. The molecule has 0 saturated heterocycles. The average Bonchev–Trinajstić information content (AvgIpc) is 2.89. The molecule has 0 aliphatic carbocycles. The van der Waals surface area contributed by atoms with Gasteiger partial charge in [-0.1, -0.05) is 0 Å². The molecule has 0 aliphatic heterocycles. The minimum Gasteiger partial charge on any atom is -0.496 e. The Balaban J connectivity index is 2.21. The molecule has 4 nitrogen and oxygen atoms in total. The number of ether oxygens (including phenoxy) is 1. The van der Waals surface area contributed by atoms with Crippen LogP contribution in [-0.4, -0.2) is 18.3 Å². The number of rotatable bonds is 5. The fourth-order valence-corrected chi connectivity index (χ4v) is 2.41. The first-order chi connectivity index (χ1) is 8.74. The molecular formula is C13H16N3OS+. The Hall–Kier alpha value is -1.88. The van der Waals surface area contributed by atoms with Crippen molar-refractivity contribution in [3.63, 3.8) is 0 Å². The van der Waals surface area contributed by atoms with Crippen molar-refractivity contribution in [2.45, 2.75) is 12.8 Å². The first-order valence-corrected chi connectivity index (χ1v) is 6.57. The van der Waals surface area contributed by atoms with Crippen LogP contribution in [0.1, 0.15) is 16.8 Å². The van der Waals surface area contributed by atoms with Gasteiger partial charge in [-0.15, -0.1) is 11.3 Å². The second-order valence-electron chi connectivity index (χ2n) is 3.94. The standard InChI is InChI=1S/C13H15N3OS/c1-17-13-5-10(6-14)12(15)4-9(13)2-3-11-7-18-8-16-11/h4-8,14H,2-3,15H2,1H3/p+1. The van der Waals surface area contributed by atoms with E-state index in [9.17, 15) is 0 Å². The van der Waals surface area contributed by atoms with Gasteiger partial charge in [-0.05, 0) is 30.5 Å². The third-order valence-electron chi connectivity index (χ3n) is 2.80. The van der Waals surface area contributed by atoms with E-state index in [2.05, 4.69) is 10.4 Å². The van der Waals surface area contributed by atoms with Gasteiger partial charge in [0.2, 0.25) is 0 Å². The van der Waals surface area contributed by atoms with Crippen molar-refractivity contribution in [1.82, 2.24) is 4.98 Å². The van der Waals surface area contributed by atoms with Crippen LogP contribution in [-0.2, 0) is 12.8 Å². The summed E-state index contributed by atoms with van der Waals surface area (Å²) in [6, 6.07) is 3.79. The third kappa shape index (κ3) is 2.68. The number of nitrogen functional groups attached to an aromatic ring is 1. The Morgan fingerprint density at radius 2 is 2.28 bits per heavy atom. The van der Waals surface area contributed by atoms with Gasteiger partial charge in [-0.2, -0.15) is 0 Å². The Labute approximate surface area is 110 Å². The number of aryl methyl sites for hydroxylation is 2. The normalized spacial score (nSPS) is 10.3. The zero-order chi connectivity index (χ0) is 13.0.